The maximum Gasteiger partial charge on any atom is 0.312 e. The Morgan fingerprint density at radius 3 is 2.31 bits per heavy atom. The number of likely N-dealkylation sites (N-methyl/N-ethyl adjacent to an activating group) is 1. The van der Waals surface area contributed by atoms with E-state index in [2.05, 4.69) is 5.32 Å². The van der Waals surface area contributed by atoms with Crippen LogP contribution in [0.15, 0.2) is 0 Å². The number of carbonyl (C=O) groups is 3. The Bertz CT molecular complexity index is 212. The summed E-state index contributed by atoms with van der Waals surface area (Å²) in [5.74, 6) is -1.79. The molecule has 0 bridgehead atoms. The summed E-state index contributed by atoms with van der Waals surface area (Å²) >= 11 is 0. The van der Waals surface area contributed by atoms with E-state index in [1.165, 1.54) is 7.05 Å². The number of primary amides is 1. The molecule has 1 unspecified atom stereocenters. The SMILES string of the molecule is CNC(=O)C(CC(=O)O)NC(N)=O. The number of carbonyl (C=O) groups excluding carboxylic acids is 2. The van der Waals surface area contributed by atoms with Crippen molar-refractivity contribution in [1.82, 2.24) is 10.6 Å². The first kappa shape index (κ1) is 11.2. The molecule has 0 spiro atoms. The van der Waals surface area contributed by atoms with Gasteiger partial charge in [-0.1, -0.05) is 0 Å². The van der Waals surface area contributed by atoms with Gasteiger partial charge in [-0.2, -0.15) is 0 Å². The van der Waals surface area contributed by atoms with Crippen LogP contribution in [0.4, 0.5) is 4.79 Å². The van der Waals surface area contributed by atoms with Gasteiger partial charge in [0.05, 0.1) is 6.42 Å². The number of nitrogens with two attached hydrogens (primary N) is 1. The van der Waals surface area contributed by atoms with Crippen LogP contribution in [0, 0.1) is 0 Å². The molecule has 5 N–H and O–H groups in total. The van der Waals surface area contributed by atoms with Crippen LogP contribution in [-0.4, -0.2) is 36.1 Å². The molecule has 0 aromatic heterocycles. The zero-order valence-electron chi connectivity index (χ0n) is 7.03. The fourth-order valence-corrected chi connectivity index (χ4v) is 0.730. The molecule has 1 atom stereocenters. The lowest BCUT2D eigenvalue weighted by atomic mass is 10.2. The predicted molar refractivity (Wildman–Crippen MR) is 42.8 cm³/mol. The minimum Gasteiger partial charge on any atom is -0.481 e. The molecule has 0 fully saturated rings. The van der Waals surface area contributed by atoms with E-state index < -0.39 is 30.4 Å². The minimum absolute atomic E-state index is 0.497. The molecular weight excluding hydrogens is 178 g/mol. The first-order chi connectivity index (χ1) is 5.97. The largest absolute Gasteiger partial charge is 0.481 e. The second-order valence-electron chi connectivity index (χ2n) is 2.27. The average molecular weight is 189 g/mol. The van der Waals surface area contributed by atoms with Crippen molar-refractivity contribution < 1.29 is 19.5 Å². The van der Waals surface area contributed by atoms with Crippen LogP contribution in [0.25, 0.3) is 0 Å². The van der Waals surface area contributed by atoms with E-state index in [1.807, 2.05) is 5.32 Å². The molecule has 74 valence electrons. The maximum atomic E-state index is 10.9. The van der Waals surface area contributed by atoms with E-state index in [-0.39, 0.29) is 0 Å². The molecule has 0 radical (unpaired) electrons. The highest BCUT2D eigenvalue weighted by Crippen LogP contribution is 1.91. The number of rotatable bonds is 4. The zero-order chi connectivity index (χ0) is 10.4. The third-order valence-corrected chi connectivity index (χ3v) is 1.26. The molecule has 3 amide bonds. The number of urea groups is 1. The Morgan fingerprint density at radius 2 is 2.00 bits per heavy atom. The van der Waals surface area contributed by atoms with Gasteiger partial charge in [0, 0.05) is 7.05 Å². The first-order valence-electron chi connectivity index (χ1n) is 3.46. The summed E-state index contributed by atoms with van der Waals surface area (Å²) in [5, 5.41) is 12.6. The van der Waals surface area contributed by atoms with Gasteiger partial charge in [-0.05, 0) is 0 Å². The topological polar surface area (TPSA) is 122 Å². The van der Waals surface area contributed by atoms with E-state index in [1.54, 1.807) is 0 Å². The lowest BCUT2D eigenvalue weighted by Crippen LogP contribution is -2.48. The summed E-state index contributed by atoms with van der Waals surface area (Å²) in [6, 6.07) is -2.06. The highest BCUT2D eigenvalue weighted by atomic mass is 16.4. The van der Waals surface area contributed by atoms with Gasteiger partial charge >= 0.3 is 12.0 Å². The predicted octanol–water partition coefficient (Wildman–Crippen LogP) is -1.76. The van der Waals surface area contributed by atoms with Crippen LogP contribution < -0.4 is 16.4 Å². The van der Waals surface area contributed by atoms with E-state index in [9.17, 15) is 14.4 Å². The number of amides is 3. The Morgan fingerprint density at radius 1 is 1.46 bits per heavy atom. The van der Waals surface area contributed by atoms with Crippen molar-refractivity contribution in [2.75, 3.05) is 7.05 Å². The smallest absolute Gasteiger partial charge is 0.312 e. The fraction of sp³-hybridized carbons (Fsp3) is 0.500. The lowest BCUT2D eigenvalue weighted by Gasteiger charge is -2.12. The summed E-state index contributed by atoms with van der Waals surface area (Å²) in [5.41, 5.74) is 4.74. The van der Waals surface area contributed by atoms with Crippen LogP contribution in [-0.2, 0) is 9.59 Å². The Balaban J connectivity index is 4.26. The van der Waals surface area contributed by atoms with E-state index in [4.69, 9.17) is 10.8 Å². The van der Waals surface area contributed by atoms with Crippen molar-refractivity contribution in [2.24, 2.45) is 5.73 Å². The Kier molecular flexibility index (Phi) is 4.28. The molecular formula is C6H11N3O4. The summed E-state index contributed by atoms with van der Waals surface area (Å²) < 4.78 is 0. The van der Waals surface area contributed by atoms with Gasteiger partial charge in [-0.25, -0.2) is 4.79 Å². The third kappa shape index (κ3) is 4.62. The van der Waals surface area contributed by atoms with Crippen LogP contribution in [0.1, 0.15) is 6.42 Å². The van der Waals surface area contributed by atoms with E-state index >= 15 is 0 Å². The minimum atomic E-state index is -1.19. The quantitative estimate of drug-likeness (QED) is 0.418. The fourth-order valence-electron chi connectivity index (χ4n) is 0.730. The first-order valence-corrected chi connectivity index (χ1v) is 3.46. The van der Waals surface area contributed by atoms with Crippen molar-refractivity contribution in [1.29, 1.82) is 0 Å². The number of carboxylic acid groups (broad SMARTS) is 1. The number of hydrogen-bond acceptors (Lipinski definition) is 3. The molecule has 0 rings (SSSR count). The van der Waals surface area contributed by atoms with Crippen molar-refractivity contribution in [3.63, 3.8) is 0 Å². The summed E-state index contributed by atoms with van der Waals surface area (Å²) in [4.78, 5) is 31.5. The standard InChI is InChI=1S/C6H11N3O4/c1-8-5(12)3(2-4(10)11)9-6(7)13/h3H,2H2,1H3,(H,8,12)(H,10,11)(H3,7,9,13). The normalized spacial score (nSPS) is 11.5. The van der Waals surface area contributed by atoms with Gasteiger partial charge < -0.3 is 21.5 Å². The highest BCUT2D eigenvalue weighted by molar-refractivity contribution is 5.89. The molecule has 0 heterocycles. The molecule has 0 saturated carbocycles. The molecule has 0 aromatic carbocycles. The molecule has 13 heavy (non-hydrogen) atoms. The number of aliphatic carboxylic acids is 1. The van der Waals surface area contributed by atoms with E-state index in [0.717, 1.165) is 0 Å². The summed E-state index contributed by atoms with van der Waals surface area (Å²) in [7, 11) is 1.33. The molecule has 0 aliphatic rings. The molecule has 7 nitrogen and oxygen atoms in total. The van der Waals surface area contributed by atoms with Crippen molar-refractivity contribution in [3.8, 4) is 0 Å². The van der Waals surface area contributed by atoms with E-state index in [0.29, 0.717) is 0 Å². The molecule has 0 aliphatic carbocycles. The zero-order valence-corrected chi connectivity index (χ0v) is 7.03. The highest BCUT2D eigenvalue weighted by Gasteiger charge is 2.21. The van der Waals surface area contributed by atoms with Gasteiger partial charge in [0.2, 0.25) is 5.91 Å². The van der Waals surface area contributed by atoms with Gasteiger partial charge in [0.15, 0.2) is 0 Å². The summed E-state index contributed by atoms with van der Waals surface area (Å²) in [6.45, 7) is 0. The maximum absolute atomic E-state index is 10.9. The van der Waals surface area contributed by atoms with Crippen molar-refractivity contribution >= 4 is 17.9 Å². The lowest BCUT2D eigenvalue weighted by molar-refractivity contribution is -0.139. The number of nitrogens with one attached hydrogen (secondary N) is 2. The van der Waals surface area contributed by atoms with Gasteiger partial charge in [0.1, 0.15) is 6.04 Å². The second kappa shape index (κ2) is 4.96. The molecule has 0 aromatic rings. The van der Waals surface area contributed by atoms with Gasteiger partial charge in [-0.15, -0.1) is 0 Å². The van der Waals surface area contributed by atoms with Crippen LogP contribution >= 0.6 is 0 Å². The number of carboxylic acids is 1. The number of hydrogen-bond donors (Lipinski definition) is 4. The van der Waals surface area contributed by atoms with Crippen molar-refractivity contribution in [3.05, 3.63) is 0 Å². The molecule has 0 aliphatic heterocycles. The van der Waals surface area contributed by atoms with Crippen LogP contribution in [0.2, 0.25) is 0 Å². The van der Waals surface area contributed by atoms with Crippen LogP contribution in [0.3, 0.4) is 0 Å². The third-order valence-electron chi connectivity index (χ3n) is 1.26. The van der Waals surface area contributed by atoms with Crippen molar-refractivity contribution in [2.45, 2.75) is 12.5 Å². The Hall–Kier alpha value is -1.79. The Labute approximate surface area is 74.3 Å². The molecule has 0 saturated heterocycles. The summed E-state index contributed by atoms with van der Waals surface area (Å²) in [6.07, 6.45) is -0.497. The van der Waals surface area contributed by atoms with Gasteiger partial charge in [-0.3, -0.25) is 9.59 Å². The van der Waals surface area contributed by atoms with Gasteiger partial charge in [0.25, 0.3) is 0 Å². The average Bonchev–Trinajstić information content (AvgIpc) is 2.00. The second-order valence-corrected chi connectivity index (χ2v) is 2.27. The molecule has 7 heteroatoms. The van der Waals surface area contributed by atoms with Crippen LogP contribution in [0.5, 0.6) is 0 Å². The monoisotopic (exact) mass is 189 g/mol.